The molecule has 5 heteroatoms. The SMILES string of the molecule is Cc1ccc(SCC(=O)NC(=O)c2ccc[nH]2)cc1. The number of hydrogen-bond acceptors (Lipinski definition) is 3. The number of nitrogens with one attached hydrogen (secondary N) is 2. The van der Waals surface area contributed by atoms with E-state index in [1.807, 2.05) is 31.2 Å². The van der Waals surface area contributed by atoms with Gasteiger partial charge in [-0.3, -0.25) is 14.9 Å². The highest BCUT2D eigenvalue weighted by Crippen LogP contribution is 2.17. The average Bonchev–Trinajstić information content (AvgIpc) is 2.92. The van der Waals surface area contributed by atoms with E-state index in [9.17, 15) is 9.59 Å². The molecule has 0 aliphatic carbocycles. The first-order valence-electron chi connectivity index (χ1n) is 5.82. The molecule has 19 heavy (non-hydrogen) atoms. The normalized spacial score (nSPS) is 10.2. The number of carbonyl (C=O) groups excluding carboxylic acids is 2. The molecular weight excluding hydrogens is 260 g/mol. The summed E-state index contributed by atoms with van der Waals surface area (Å²) in [5.74, 6) is -0.486. The van der Waals surface area contributed by atoms with Crippen LogP contribution in [0.2, 0.25) is 0 Å². The monoisotopic (exact) mass is 274 g/mol. The third-order valence-corrected chi connectivity index (χ3v) is 3.50. The van der Waals surface area contributed by atoms with Crippen LogP contribution in [0.3, 0.4) is 0 Å². The van der Waals surface area contributed by atoms with E-state index < -0.39 is 5.91 Å². The Balaban J connectivity index is 1.82. The van der Waals surface area contributed by atoms with E-state index >= 15 is 0 Å². The number of aryl methyl sites for hydroxylation is 1. The van der Waals surface area contributed by atoms with Crippen molar-refractivity contribution in [2.45, 2.75) is 11.8 Å². The highest BCUT2D eigenvalue weighted by molar-refractivity contribution is 8.00. The number of carbonyl (C=O) groups is 2. The second-order valence-corrected chi connectivity index (χ2v) is 5.11. The Kier molecular flexibility index (Phi) is 4.41. The number of hydrogen-bond donors (Lipinski definition) is 2. The standard InChI is InChI=1S/C14H14N2O2S/c1-10-4-6-11(7-5-10)19-9-13(17)16-14(18)12-3-2-8-15-12/h2-8,15H,9H2,1H3,(H,16,17,18). The van der Waals surface area contributed by atoms with Crippen molar-refractivity contribution in [3.8, 4) is 0 Å². The molecule has 0 fully saturated rings. The van der Waals surface area contributed by atoms with Crippen molar-refractivity contribution in [2.24, 2.45) is 0 Å². The lowest BCUT2D eigenvalue weighted by atomic mass is 10.2. The molecule has 0 aliphatic rings. The van der Waals surface area contributed by atoms with E-state index in [0.717, 1.165) is 4.90 Å². The maximum Gasteiger partial charge on any atom is 0.274 e. The van der Waals surface area contributed by atoms with Gasteiger partial charge < -0.3 is 4.98 Å². The second kappa shape index (κ2) is 6.24. The fourth-order valence-corrected chi connectivity index (χ4v) is 2.18. The van der Waals surface area contributed by atoms with Gasteiger partial charge in [-0.05, 0) is 31.2 Å². The molecule has 0 saturated carbocycles. The van der Waals surface area contributed by atoms with Crippen LogP contribution in [0.15, 0.2) is 47.5 Å². The van der Waals surface area contributed by atoms with Gasteiger partial charge in [-0.15, -0.1) is 11.8 Å². The van der Waals surface area contributed by atoms with Crippen LogP contribution in [0.4, 0.5) is 0 Å². The number of rotatable bonds is 4. The molecule has 2 N–H and O–H groups in total. The van der Waals surface area contributed by atoms with Crippen LogP contribution in [0.1, 0.15) is 16.1 Å². The number of imide groups is 1. The molecule has 0 atom stereocenters. The number of amides is 2. The van der Waals surface area contributed by atoms with Crippen LogP contribution in [0.25, 0.3) is 0 Å². The van der Waals surface area contributed by atoms with Gasteiger partial charge in [-0.1, -0.05) is 17.7 Å². The van der Waals surface area contributed by atoms with Gasteiger partial charge in [0.2, 0.25) is 5.91 Å². The highest BCUT2D eigenvalue weighted by atomic mass is 32.2. The Bertz CT molecular complexity index is 562. The molecule has 4 nitrogen and oxygen atoms in total. The van der Waals surface area contributed by atoms with Crippen molar-refractivity contribution in [1.82, 2.24) is 10.3 Å². The number of aromatic amines is 1. The molecule has 0 radical (unpaired) electrons. The number of H-pyrrole nitrogens is 1. The smallest absolute Gasteiger partial charge is 0.274 e. The first kappa shape index (κ1) is 13.4. The summed E-state index contributed by atoms with van der Waals surface area (Å²) in [6.07, 6.45) is 1.64. The topological polar surface area (TPSA) is 62.0 Å². The minimum absolute atomic E-state index is 0.218. The van der Waals surface area contributed by atoms with E-state index in [0.29, 0.717) is 5.69 Å². The summed E-state index contributed by atoms with van der Waals surface area (Å²) in [5, 5.41) is 2.33. The van der Waals surface area contributed by atoms with Crippen molar-refractivity contribution in [3.63, 3.8) is 0 Å². The molecule has 0 spiro atoms. The molecular formula is C14H14N2O2S. The van der Waals surface area contributed by atoms with Crippen molar-refractivity contribution in [2.75, 3.05) is 5.75 Å². The minimum atomic E-state index is -0.403. The van der Waals surface area contributed by atoms with Gasteiger partial charge >= 0.3 is 0 Å². The average molecular weight is 274 g/mol. The van der Waals surface area contributed by atoms with Crippen LogP contribution in [0, 0.1) is 6.92 Å². The summed E-state index contributed by atoms with van der Waals surface area (Å²) in [6, 6.07) is 11.2. The quantitative estimate of drug-likeness (QED) is 0.841. The first-order valence-corrected chi connectivity index (χ1v) is 6.81. The summed E-state index contributed by atoms with van der Waals surface area (Å²) in [6.45, 7) is 2.01. The van der Waals surface area contributed by atoms with Crippen molar-refractivity contribution in [1.29, 1.82) is 0 Å². The molecule has 2 amide bonds. The molecule has 0 aliphatic heterocycles. The summed E-state index contributed by atoms with van der Waals surface area (Å²) in [7, 11) is 0. The Hall–Kier alpha value is -2.01. The highest BCUT2D eigenvalue weighted by Gasteiger charge is 2.10. The molecule has 1 aromatic heterocycles. The lowest BCUT2D eigenvalue weighted by Gasteiger charge is -2.03. The summed E-state index contributed by atoms with van der Waals surface area (Å²) in [5.41, 5.74) is 1.56. The first-order chi connectivity index (χ1) is 9.15. The zero-order chi connectivity index (χ0) is 13.7. The zero-order valence-electron chi connectivity index (χ0n) is 10.5. The van der Waals surface area contributed by atoms with Gasteiger partial charge in [0, 0.05) is 11.1 Å². The van der Waals surface area contributed by atoms with Crippen LogP contribution >= 0.6 is 11.8 Å². The Morgan fingerprint density at radius 1 is 1.21 bits per heavy atom. The molecule has 1 aromatic carbocycles. The lowest BCUT2D eigenvalue weighted by molar-refractivity contribution is -0.117. The Labute approximate surface area is 115 Å². The van der Waals surface area contributed by atoms with Crippen LogP contribution < -0.4 is 5.32 Å². The number of thioether (sulfide) groups is 1. The minimum Gasteiger partial charge on any atom is -0.357 e. The van der Waals surface area contributed by atoms with Crippen molar-refractivity contribution < 1.29 is 9.59 Å². The van der Waals surface area contributed by atoms with Crippen LogP contribution in [-0.4, -0.2) is 22.6 Å². The van der Waals surface area contributed by atoms with Crippen molar-refractivity contribution in [3.05, 3.63) is 53.9 Å². The van der Waals surface area contributed by atoms with Gasteiger partial charge in [-0.25, -0.2) is 0 Å². The lowest BCUT2D eigenvalue weighted by Crippen LogP contribution is -2.32. The van der Waals surface area contributed by atoms with Gasteiger partial charge in [0.1, 0.15) is 5.69 Å². The summed E-state index contributed by atoms with van der Waals surface area (Å²) < 4.78 is 0. The van der Waals surface area contributed by atoms with E-state index in [-0.39, 0.29) is 11.7 Å². The van der Waals surface area contributed by atoms with E-state index in [1.165, 1.54) is 17.3 Å². The molecule has 1 heterocycles. The Morgan fingerprint density at radius 2 is 1.95 bits per heavy atom. The fourth-order valence-electron chi connectivity index (χ4n) is 1.48. The third-order valence-electron chi connectivity index (χ3n) is 2.49. The molecule has 98 valence electrons. The predicted molar refractivity (Wildman–Crippen MR) is 75.2 cm³/mol. The van der Waals surface area contributed by atoms with Crippen LogP contribution in [-0.2, 0) is 4.79 Å². The van der Waals surface area contributed by atoms with E-state index in [4.69, 9.17) is 0 Å². The molecule has 2 aromatic rings. The third kappa shape index (κ3) is 3.99. The van der Waals surface area contributed by atoms with E-state index in [2.05, 4.69) is 10.3 Å². The molecule has 0 bridgehead atoms. The van der Waals surface area contributed by atoms with Crippen molar-refractivity contribution >= 4 is 23.6 Å². The maximum absolute atomic E-state index is 11.6. The second-order valence-electron chi connectivity index (χ2n) is 4.06. The maximum atomic E-state index is 11.6. The Morgan fingerprint density at radius 3 is 2.58 bits per heavy atom. The van der Waals surface area contributed by atoms with E-state index in [1.54, 1.807) is 18.3 Å². The van der Waals surface area contributed by atoms with Gasteiger partial charge in [-0.2, -0.15) is 0 Å². The zero-order valence-corrected chi connectivity index (χ0v) is 11.3. The van der Waals surface area contributed by atoms with Gasteiger partial charge in [0.15, 0.2) is 0 Å². The van der Waals surface area contributed by atoms with Gasteiger partial charge in [0.05, 0.1) is 5.75 Å². The largest absolute Gasteiger partial charge is 0.357 e. The van der Waals surface area contributed by atoms with Crippen LogP contribution in [0.5, 0.6) is 0 Å². The summed E-state index contributed by atoms with van der Waals surface area (Å²) in [4.78, 5) is 27.0. The number of aromatic nitrogens is 1. The molecule has 2 rings (SSSR count). The van der Waals surface area contributed by atoms with Gasteiger partial charge in [0.25, 0.3) is 5.91 Å². The fraction of sp³-hybridized carbons (Fsp3) is 0.143. The molecule has 0 unspecified atom stereocenters. The number of benzene rings is 1. The summed E-state index contributed by atoms with van der Waals surface area (Å²) >= 11 is 1.40. The molecule has 0 saturated heterocycles. The predicted octanol–water partition coefficient (Wildman–Crippen LogP) is 2.37.